The van der Waals surface area contributed by atoms with Crippen LogP contribution in [-0.2, 0) is 0 Å². The Balaban J connectivity index is 1.91. The third kappa shape index (κ3) is 3.89. The van der Waals surface area contributed by atoms with Gasteiger partial charge in [-0.2, -0.15) is 11.8 Å². The van der Waals surface area contributed by atoms with Crippen LogP contribution < -0.4 is 5.32 Å². The Morgan fingerprint density at radius 3 is 2.78 bits per heavy atom. The van der Waals surface area contributed by atoms with Crippen molar-refractivity contribution in [3.05, 3.63) is 34.9 Å². The lowest BCUT2D eigenvalue weighted by Crippen LogP contribution is -2.45. The van der Waals surface area contributed by atoms with Crippen molar-refractivity contribution in [1.82, 2.24) is 10.2 Å². The third-order valence-electron chi connectivity index (χ3n) is 3.52. The van der Waals surface area contributed by atoms with Crippen LogP contribution in [0.2, 0.25) is 5.02 Å². The molecule has 1 aliphatic rings. The van der Waals surface area contributed by atoms with Crippen LogP contribution in [0.15, 0.2) is 24.3 Å². The first-order chi connectivity index (χ1) is 8.66. The number of hydrogen-bond acceptors (Lipinski definition) is 3. The molecule has 2 atom stereocenters. The van der Waals surface area contributed by atoms with Gasteiger partial charge in [-0.15, -0.1) is 0 Å². The van der Waals surface area contributed by atoms with Crippen molar-refractivity contribution in [2.75, 3.05) is 31.6 Å². The van der Waals surface area contributed by atoms with Crippen LogP contribution in [0.25, 0.3) is 0 Å². The second kappa shape index (κ2) is 6.80. The smallest absolute Gasteiger partial charge is 0.0406 e. The van der Waals surface area contributed by atoms with E-state index in [0.717, 1.165) is 18.1 Å². The largest absolute Gasteiger partial charge is 0.311 e. The first-order valence-electron chi connectivity index (χ1n) is 6.43. The Bertz CT molecular complexity index is 363. The van der Waals surface area contributed by atoms with Crippen molar-refractivity contribution >= 4 is 23.4 Å². The van der Waals surface area contributed by atoms with Crippen molar-refractivity contribution in [2.45, 2.75) is 19.0 Å². The molecule has 100 valence electrons. The molecule has 1 heterocycles. The van der Waals surface area contributed by atoms with Crippen LogP contribution in [-0.4, -0.2) is 42.6 Å². The van der Waals surface area contributed by atoms with E-state index in [1.165, 1.54) is 17.1 Å². The summed E-state index contributed by atoms with van der Waals surface area (Å²) in [6, 6.07) is 9.21. The van der Waals surface area contributed by atoms with Crippen molar-refractivity contribution in [2.24, 2.45) is 0 Å². The molecule has 1 N–H and O–H groups in total. The van der Waals surface area contributed by atoms with Gasteiger partial charge < -0.3 is 5.32 Å². The zero-order chi connectivity index (χ0) is 13.0. The zero-order valence-corrected chi connectivity index (χ0v) is 12.6. The molecular formula is C14H21ClN2S. The molecule has 0 aliphatic carbocycles. The Hall–Kier alpha value is -0.220. The van der Waals surface area contributed by atoms with Crippen LogP contribution in [0.4, 0.5) is 0 Å². The van der Waals surface area contributed by atoms with Gasteiger partial charge in [-0.25, -0.2) is 0 Å². The van der Waals surface area contributed by atoms with E-state index < -0.39 is 0 Å². The van der Waals surface area contributed by atoms with Gasteiger partial charge in [0.25, 0.3) is 0 Å². The summed E-state index contributed by atoms with van der Waals surface area (Å²) < 4.78 is 0. The molecule has 0 amide bonds. The minimum absolute atomic E-state index is 0.427. The maximum absolute atomic E-state index is 5.93. The molecule has 0 bridgehead atoms. The van der Waals surface area contributed by atoms with Gasteiger partial charge in [-0.05, 0) is 31.7 Å². The molecule has 0 spiro atoms. The monoisotopic (exact) mass is 284 g/mol. The van der Waals surface area contributed by atoms with E-state index in [4.69, 9.17) is 11.6 Å². The van der Waals surface area contributed by atoms with Gasteiger partial charge in [0.1, 0.15) is 0 Å². The maximum Gasteiger partial charge on any atom is 0.0406 e. The summed E-state index contributed by atoms with van der Waals surface area (Å²) in [5, 5.41) is 4.39. The normalized spacial score (nSPS) is 22.1. The molecule has 2 nitrogen and oxygen atoms in total. The summed E-state index contributed by atoms with van der Waals surface area (Å²) in [4.78, 5) is 2.41. The number of nitrogens with zero attached hydrogens (tertiary/aromatic N) is 1. The predicted molar refractivity (Wildman–Crippen MR) is 81.6 cm³/mol. The number of halogens is 1. The van der Waals surface area contributed by atoms with Crippen LogP contribution in [0, 0.1) is 0 Å². The molecule has 2 unspecified atom stereocenters. The molecule has 1 aromatic carbocycles. The summed E-state index contributed by atoms with van der Waals surface area (Å²) in [6.07, 6.45) is 0. The Morgan fingerprint density at radius 2 is 2.17 bits per heavy atom. The predicted octanol–water partition coefficient (Wildman–Crippen LogP) is 3.04. The molecule has 4 heteroatoms. The fraction of sp³-hybridized carbons (Fsp3) is 0.571. The van der Waals surface area contributed by atoms with Gasteiger partial charge in [0, 0.05) is 41.7 Å². The minimum Gasteiger partial charge on any atom is -0.311 e. The van der Waals surface area contributed by atoms with Crippen LogP contribution in [0.1, 0.15) is 18.5 Å². The quantitative estimate of drug-likeness (QED) is 0.915. The zero-order valence-electron chi connectivity index (χ0n) is 11.0. The van der Waals surface area contributed by atoms with E-state index in [2.05, 4.69) is 36.3 Å². The molecule has 0 saturated carbocycles. The summed E-state index contributed by atoms with van der Waals surface area (Å²) in [7, 11) is 2.19. The number of benzene rings is 1. The first-order valence-corrected chi connectivity index (χ1v) is 7.97. The van der Waals surface area contributed by atoms with Crippen molar-refractivity contribution in [3.63, 3.8) is 0 Å². The summed E-state index contributed by atoms with van der Waals surface area (Å²) in [6.45, 7) is 4.48. The van der Waals surface area contributed by atoms with Crippen molar-refractivity contribution < 1.29 is 0 Å². The molecule has 0 radical (unpaired) electrons. The Morgan fingerprint density at radius 1 is 1.44 bits per heavy atom. The SMILES string of the molecule is CC(c1ccc(Cl)cc1)N(C)CC1CSCCN1. The van der Waals surface area contributed by atoms with E-state index in [0.29, 0.717) is 12.1 Å². The van der Waals surface area contributed by atoms with Crippen molar-refractivity contribution in [3.8, 4) is 0 Å². The molecule has 1 aromatic rings. The first kappa shape index (κ1) is 14.2. The molecule has 2 rings (SSSR count). The lowest BCUT2D eigenvalue weighted by atomic mass is 10.1. The number of hydrogen-bond donors (Lipinski definition) is 1. The Kier molecular flexibility index (Phi) is 5.37. The number of rotatable bonds is 4. The molecule has 18 heavy (non-hydrogen) atoms. The van der Waals surface area contributed by atoms with Gasteiger partial charge in [0.15, 0.2) is 0 Å². The summed E-state index contributed by atoms with van der Waals surface area (Å²) in [5.74, 6) is 2.46. The average molecular weight is 285 g/mol. The highest BCUT2D eigenvalue weighted by atomic mass is 35.5. The third-order valence-corrected chi connectivity index (χ3v) is 4.90. The lowest BCUT2D eigenvalue weighted by molar-refractivity contribution is 0.237. The second-order valence-corrected chi connectivity index (χ2v) is 6.48. The van der Waals surface area contributed by atoms with Gasteiger partial charge in [0.2, 0.25) is 0 Å². The topological polar surface area (TPSA) is 15.3 Å². The molecule has 1 saturated heterocycles. The van der Waals surface area contributed by atoms with Gasteiger partial charge in [-0.3, -0.25) is 4.90 Å². The number of likely N-dealkylation sites (N-methyl/N-ethyl adjacent to an activating group) is 1. The van der Waals surface area contributed by atoms with Crippen LogP contribution in [0.3, 0.4) is 0 Å². The fourth-order valence-corrected chi connectivity index (χ4v) is 3.30. The highest BCUT2D eigenvalue weighted by Crippen LogP contribution is 2.21. The standard InChI is InChI=1S/C14H21ClN2S/c1-11(12-3-5-13(15)6-4-12)17(2)9-14-10-18-8-7-16-14/h3-6,11,14,16H,7-10H2,1-2H3. The van der Waals surface area contributed by atoms with Crippen molar-refractivity contribution in [1.29, 1.82) is 0 Å². The molecule has 1 aliphatic heterocycles. The average Bonchev–Trinajstić information content (AvgIpc) is 2.40. The number of nitrogens with one attached hydrogen (secondary N) is 1. The Labute approximate surface area is 119 Å². The molecule has 0 aromatic heterocycles. The second-order valence-electron chi connectivity index (χ2n) is 4.89. The van der Waals surface area contributed by atoms with Gasteiger partial charge in [-0.1, -0.05) is 23.7 Å². The minimum atomic E-state index is 0.427. The van der Waals surface area contributed by atoms with E-state index in [9.17, 15) is 0 Å². The summed E-state index contributed by atoms with van der Waals surface area (Å²) in [5.41, 5.74) is 1.32. The molecular weight excluding hydrogens is 264 g/mol. The van der Waals surface area contributed by atoms with Crippen LogP contribution in [0.5, 0.6) is 0 Å². The summed E-state index contributed by atoms with van der Waals surface area (Å²) >= 11 is 7.97. The fourth-order valence-electron chi connectivity index (χ4n) is 2.24. The van der Waals surface area contributed by atoms with E-state index in [-0.39, 0.29) is 0 Å². The van der Waals surface area contributed by atoms with Crippen LogP contribution >= 0.6 is 23.4 Å². The highest BCUT2D eigenvalue weighted by Gasteiger charge is 2.18. The van der Waals surface area contributed by atoms with Gasteiger partial charge >= 0.3 is 0 Å². The molecule has 1 fully saturated rings. The maximum atomic E-state index is 5.93. The lowest BCUT2D eigenvalue weighted by Gasteiger charge is -2.31. The highest BCUT2D eigenvalue weighted by molar-refractivity contribution is 7.99. The number of thioether (sulfide) groups is 1. The van der Waals surface area contributed by atoms with E-state index in [1.54, 1.807) is 0 Å². The van der Waals surface area contributed by atoms with Gasteiger partial charge in [0.05, 0.1) is 0 Å². The van der Waals surface area contributed by atoms with E-state index >= 15 is 0 Å². The van der Waals surface area contributed by atoms with E-state index in [1.807, 2.05) is 23.9 Å².